The largest absolute Gasteiger partial charge is 0.326 e. The molecule has 0 radical (unpaired) electrons. The molecular formula is C20H22N4O. The van der Waals surface area contributed by atoms with E-state index >= 15 is 0 Å². The number of amides is 1. The predicted molar refractivity (Wildman–Crippen MR) is 98.4 cm³/mol. The van der Waals surface area contributed by atoms with Crippen LogP contribution in [-0.4, -0.2) is 20.5 Å². The third kappa shape index (κ3) is 3.27. The van der Waals surface area contributed by atoms with Gasteiger partial charge in [0.05, 0.1) is 11.7 Å². The summed E-state index contributed by atoms with van der Waals surface area (Å²) in [4.78, 5) is 17.0. The van der Waals surface area contributed by atoms with Gasteiger partial charge < -0.3 is 5.32 Å². The molecule has 0 bridgehead atoms. The molecule has 0 spiro atoms. The summed E-state index contributed by atoms with van der Waals surface area (Å²) in [5, 5.41) is 7.65. The fraction of sp³-hybridized carbons (Fsp3) is 0.350. The van der Waals surface area contributed by atoms with Gasteiger partial charge in [0.25, 0.3) is 0 Å². The Morgan fingerprint density at radius 3 is 2.88 bits per heavy atom. The first kappa shape index (κ1) is 15.8. The van der Waals surface area contributed by atoms with Crippen LogP contribution in [0.3, 0.4) is 0 Å². The van der Waals surface area contributed by atoms with Crippen LogP contribution in [0.2, 0.25) is 0 Å². The summed E-state index contributed by atoms with van der Waals surface area (Å²) in [6.45, 7) is 2.03. The van der Waals surface area contributed by atoms with Crippen LogP contribution in [0.15, 0.2) is 42.7 Å². The van der Waals surface area contributed by atoms with Crippen molar-refractivity contribution >= 4 is 17.1 Å². The fourth-order valence-corrected chi connectivity index (χ4v) is 3.51. The maximum Gasteiger partial charge on any atom is 0.227 e. The van der Waals surface area contributed by atoms with Gasteiger partial charge in [-0.3, -0.25) is 4.79 Å². The molecule has 1 saturated carbocycles. The SMILES string of the molecule is Cc1ccc(NC(=O)C2CCCCC2)cc1-c1ncc2cccn2n1. The van der Waals surface area contributed by atoms with Crippen LogP contribution in [0, 0.1) is 12.8 Å². The van der Waals surface area contributed by atoms with Gasteiger partial charge in [-0.25, -0.2) is 9.50 Å². The number of hydrogen-bond donors (Lipinski definition) is 1. The normalized spacial score (nSPS) is 15.4. The first-order valence-corrected chi connectivity index (χ1v) is 8.93. The molecule has 2 heterocycles. The molecule has 0 saturated heterocycles. The van der Waals surface area contributed by atoms with E-state index in [1.54, 1.807) is 0 Å². The highest BCUT2D eigenvalue weighted by molar-refractivity contribution is 5.93. The third-order valence-electron chi connectivity index (χ3n) is 5.00. The Balaban J connectivity index is 1.60. The van der Waals surface area contributed by atoms with Crippen LogP contribution in [0.5, 0.6) is 0 Å². The third-order valence-corrected chi connectivity index (χ3v) is 5.00. The van der Waals surface area contributed by atoms with Gasteiger partial charge in [0.2, 0.25) is 5.91 Å². The first-order valence-electron chi connectivity index (χ1n) is 8.93. The van der Waals surface area contributed by atoms with Crippen molar-refractivity contribution in [3.05, 3.63) is 48.3 Å². The number of aromatic nitrogens is 3. The Morgan fingerprint density at radius 1 is 1.20 bits per heavy atom. The van der Waals surface area contributed by atoms with E-state index in [9.17, 15) is 4.79 Å². The molecule has 1 aromatic carbocycles. The minimum Gasteiger partial charge on any atom is -0.326 e. The Hall–Kier alpha value is -2.69. The van der Waals surface area contributed by atoms with Crippen molar-refractivity contribution < 1.29 is 4.79 Å². The van der Waals surface area contributed by atoms with Gasteiger partial charge >= 0.3 is 0 Å². The van der Waals surface area contributed by atoms with Crippen LogP contribution in [0.1, 0.15) is 37.7 Å². The second kappa shape index (κ2) is 6.67. The van der Waals surface area contributed by atoms with Crippen molar-refractivity contribution in [1.82, 2.24) is 14.6 Å². The first-order chi connectivity index (χ1) is 12.2. The minimum absolute atomic E-state index is 0.135. The summed E-state index contributed by atoms with van der Waals surface area (Å²) in [5.74, 6) is 0.942. The van der Waals surface area contributed by atoms with Crippen molar-refractivity contribution in [2.75, 3.05) is 5.32 Å². The highest BCUT2D eigenvalue weighted by atomic mass is 16.1. The Morgan fingerprint density at radius 2 is 2.04 bits per heavy atom. The van der Waals surface area contributed by atoms with Crippen LogP contribution >= 0.6 is 0 Å². The van der Waals surface area contributed by atoms with E-state index in [4.69, 9.17) is 0 Å². The van der Waals surface area contributed by atoms with Gasteiger partial charge in [0, 0.05) is 23.4 Å². The van der Waals surface area contributed by atoms with Crippen molar-refractivity contribution in [2.45, 2.75) is 39.0 Å². The molecule has 1 N–H and O–H groups in total. The molecule has 5 nitrogen and oxygen atoms in total. The van der Waals surface area contributed by atoms with E-state index in [1.807, 2.05) is 54.2 Å². The number of carbonyl (C=O) groups is 1. The number of aryl methyl sites for hydroxylation is 1. The number of benzene rings is 1. The van der Waals surface area contributed by atoms with E-state index in [1.165, 1.54) is 6.42 Å². The van der Waals surface area contributed by atoms with E-state index in [0.717, 1.165) is 48.0 Å². The molecule has 25 heavy (non-hydrogen) atoms. The van der Waals surface area contributed by atoms with Gasteiger partial charge in [0.15, 0.2) is 5.82 Å². The van der Waals surface area contributed by atoms with Crippen molar-refractivity contribution in [3.8, 4) is 11.4 Å². The van der Waals surface area contributed by atoms with E-state index in [0.29, 0.717) is 5.82 Å². The number of carbonyl (C=O) groups excluding carboxylic acids is 1. The van der Waals surface area contributed by atoms with Crippen LogP contribution < -0.4 is 5.32 Å². The van der Waals surface area contributed by atoms with Crippen molar-refractivity contribution in [3.63, 3.8) is 0 Å². The summed E-state index contributed by atoms with van der Waals surface area (Å²) in [6, 6.07) is 9.85. The average molecular weight is 334 g/mol. The molecule has 2 aromatic heterocycles. The smallest absolute Gasteiger partial charge is 0.227 e. The standard InChI is InChI=1S/C20H22N4O/c1-14-9-10-16(22-20(25)15-6-3-2-4-7-15)12-18(14)19-21-13-17-8-5-11-24(17)23-19/h5,8-13,15H,2-4,6-7H2,1H3,(H,22,25). The summed E-state index contributed by atoms with van der Waals surface area (Å²) < 4.78 is 1.81. The lowest BCUT2D eigenvalue weighted by Gasteiger charge is -2.21. The lowest BCUT2D eigenvalue weighted by molar-refractivity contribution is -0.120. The second-order valence-electron chi connectivity index (χ2n) is 6.81. The summed E-state index contributed by atoms with van der Waals surface area (Å²) in [5.41, 5.74) is 3.80. The van der Waals surface area contributed by atoms with Gasteiger partial charge in [-0.05, 0) is 49.6 Å². The van der Waals surface area contributed by atoms with Crippen LogP contribution in [0.4, 0.5) is 5.69 Å². The van der Waals surface area contributed by atoms with Gasteiger partial charge in [0.1, 0.15) is 0 Å². The Kier molecular flexibility index (Phi) is 4.22. The quantitative estimate of drug-likeness (QED) is 0.780. The molecule has 1 aliphatic carbocycles. The van der Waals surface area contributed by atoms with E-state index in [2.05, 4.69) is 15.4 Å². The molecule has 0 unspecified atom stereocenters. The van der Waals surface area contributed by atoms with Crippen molar-refractivity contribution in [2.24, 2.45) is 5.92 Å². The number of rotatable bonds is 3. The topological polar surface area (TPSA) is 59.3 Å². The number of nitrogens with one attached hydrogen (secondary N) is 1. The lowest BCUT2D eigenvalue weighted by Crippen LogP contribution is -2.24. The second-order valence-corrected chi connectivity index (χ2v) is 6.81. The lowest BCUT2D eigenvalue weighted by atomic mass is 9.88. The molecule has 1 aliphatic rings. The molecule has 0 atom stereocenters. The van der Waals surface area contributed by atoms with E-state index < -0.39 is 0 Å². The summed E-state index contributed by atoms with van der Waals surface area (Å²) in [7, 11) is 0. The molecule has 0 aliphatic heterocycles. The Bertz CT molecular complexity index is 909. The molecule has 1 amide bonds. The van der Waals surface area contributed by atoms with Gasteiger partial charge in [-0.2, -0.15) is 0 Å². The average Bonchev–Trinajstić information content (AvgIpc) is 3.11. The van der Waals surface area contributed by atoms with Crippen LogP contribution in [0.25, 0.3) is 16.9 Å². The van der Waals surface area contributed by atoms with Crippen molar-refractivity contribution in [1.29, 1.82) is 0 Å². The number of anilines is 1. The summed E-state index contributed by atoms with van der Waals surface area (Å²) >= 11 is 0. The molecule has 128 valence electrons. The minimum atomic E-state index is 0.135. The molecular weight excluding hydrogens is 312 g/mol. The number of hydrogen-bond acceptors (Lipinski definition) is 3. The molecule has 3 aromatic rings. The molecule has 5 heteroatoms. The fourth-order valence-electron chi connectivity index (χ4n) is 3.51. The van der Waals surface area contributed by atoms with Gasteiger partial charge in [-0.1, -0.05) is 25.3 Å². The highest BCUT2D eigenvalue weighted by Crippen LogP contribution is 2.27. The Labute approximate surface area is 147 Å². The maximum atomic E-state index is 12.5. The monoisotopic (exact) mass is 334 g/mol. The zero-order valence-electron chi connectivity index (χ0n) is 14.4. The molecule has 4 rings (SSSR count). The maximum absolute atomic E-state index is 12.5. The number of fused-ring (bicyclic) bond motifs is 1. The predicted octanol–water partition coefficient (Wildman–Crippen LogP) is 4.22. The van der Waals surface area contributed by atoms with E-state index in [-0.39, 0.29) is 11.8 Å². The highest BCUT2D eigenvalue weighted by Gasteiger charge is 2.21. The van der Waals surface area contributed by atoms with Gasteiger partial charge in [-0.15, -0.1) is 5.10 Å². The number of nitrogens with zero attached hydrogens (tertiary/aromatic N) is 3. The summed E-state index contributed by atoms with van der Waals surface area (Å²) in [6.07, 6.45) is 9.27. The zero-order valence-corrected chi connectivity index (χ0v) is 14.4. The zero-order chi connectivity index (χ0) is 17.2. The molecule has 1 fully saturated rings. The van der Waals surface area contributed by atoms with Crippen LogP contribution in [-0.2, 0) is 4.79 Å².